The fourth-order valence-electron chi connectivity index (χ4n) is 3.53. The summed E-state index contributed by atoms with van der Waals surface area (Å²) >= 11 is 7.80. The first-order chi connectivity index (χ1) is 10.8. The van der Waals surface area contributed by atoms with Crippen LogP contribution in [-0.4, -0.2) is 44.1 Å². The molecule has 1 aliphatic carbocycles. The number of halogens is 1. The van der Waals surface area contributed by atoms with Crippen LogP contribution in [0.4, 0.5) is 0 Å². The van der Waals surface area contributed by atoms with Gasteiger partial charge in [-0.25, -0.2) is 0 Å². The zero-order valence-electron chi connectivity index (χ0n) is 12.9. The van der Waals surface area contributed by atoms with Crippen LogP contribution in [0, 0.1) is 5.92 Å². The van der Waals surface area contributed by atoms with Crippen molar-refractivity contribution in [2.24, 2.45) is 5.92 Å². The number of ether oxygens (including phenoxy) is 1. The zero-order chi connectivity index (χ0) is 15.2. The maximum Gasteiger partial charge on any atom is 0.0623 e. The Morgan fingerprint density at radius 3 is 2.91 bits per heavy atom. The van der Waals surface area contributed by atoms with Crippen LogP contribution in [-0.2, 0) is 4.74 Å². The monoisotopic (exact) mass is 340 g/mol. The van der Waals surface area contributed by atoms with E-state index in [2.05, 4.69) is 22.8 Å². The van der Waals surface area contributed by atoms with Gasteiger partial charge in [0.1, 0.15) is 0 Å². The van der Waals surface area contributed by atoms with E-state index in [4.69, 9.17) is 16.3 Å². The van der Waals surface area contributed by atoms with Gasteiger partial charge in [-0.05, 0) is 43.0 Å². The molecule has 1 heterocycles. The molecule has 3 nitrogen and oxygen atoms in total. The minimum Gasteiger partial charge on any atom is -0.379 e. The first-order valence-electron chi connectivity index (χ1n) is 8.26. The van der Waals surface area contributed by atoms with Crippen molar-refractivity contribution in [2.75, 3.05) is 32.1 Å². The second-order valence-corrected chi connectivity index (χ2v) is 7.70. The smallest absolute Gasteiger partial charge is 0.0623 e. The molecule has 3 atom stereocenters. The van der Waals surface area contributed by atoms with E-state index in [1.54, 1.807) is 0 Å². The number of thioether (sulfide) groups is 1. The van der Waals surface area contributed by atoms with Crippen molar-refractivity contribution in [1.82, 2.24) is 10.6 Å². The summed E-state index contributed by atoms with van der Waals surface area (Å²) < 4.78 is 5.63. The van der Waals surface area contributed by atoms with E-state index < -0.39 is 0 Å². The minimum atomic E-state index is 0.540. The molecule has 1 saturated heterocycles. The SMILES string of the molecule is Clc1ccc(SCCNC2CCCC2C2COCCN2)cc1. The molecule has 5 heteroatoms. The Labute approximate surface area is 142 Å². The van der Waals surface area contributed by atoms with Gasteiger partial charge in [0.25, 0.3) is 0 Å². The van der Waals surface area contributed by atoms with E-state index in [1.165, 1.54) is 24.2 Å². The Balaban J connectivity index is 1.39. The molecule has 1 aliphatic heterocycles. The highest BCUT2D eigenvalue weighted by Crippen LogP contribution is 2.29. The fraction of sp³-hybridized carbons (Fsp3) is 0.647. The third kappa shape index (κ3) is 4.62. The largest absolute Gasteiger partial charge is 0.379 e. The summed E-state index contributed by atoms with van der Waals surface area (Å²) in [4.78, 5) is 1.29. The molecule has 0 spiro atoms. The van der Waals surface area contributed by atoms with Crippen LogP contribution in [0.2, 0.25) is 5.02 Å². The lowest BCUT2D eigenvalue weighted by Gasteiger charge is -2.33. The lowest BCUT2D eigenvalue weighted by atomic mass is 9.94. The van der Waals surface area contributed by atoms with Crippen LogP contribution >= 0.6 is 23.4 Å². The van der Waals surface area contributed by atoms with Crippen molar-refractivity contribution in [2.45, 2.75) is 36.2 Å². The summed E-state index contributed by atoms with van der Waals surface area (Å²) in [7, 11) is 0. The van der Waals surface area contributed by atoms with Crippen molar-refractivity contribution < 1.29 is 4.74 Å². The summed E-state index contributed by atoms with van der Waals surface area (Å²) in [5.74, 6) is 1.82. The molecule has 0 bridgehead atoms. The van der Waals surface area contributed by atoms with Crippen LogP contribution in [0.25, 0.3) is 0 Å². The third-order valence-corrected chi connectivity index (χ3v) is 5.89. The number of hydrogen-bond donors (Lipinski definition) is 2. The Kier molecular flexibility index (Phi) is 6.45. The van der Waals surface area contributed by atoms with E-state index in [-0.39, 0.29) is 0 Å². The first kappa shape index (κ1) is 16.6. The van der Waals surface area contributed by atoms with Gasteiger partial charge >= 0.3 is 0 Å². The second kappa shape index (κ2) is 8.55. The highest BCUT2D eigenvalue weighted by Gasteiger charge is 2.34. The van der Waals surface area contributed by atoms with Gasteiger partial charge in [-0.2, -0.15) is 0 Å². The van der Waals surface area contributed by atoms with Crippen LogP contribution in [0.5, 0.6) is 0 Å². The van der Waals surface area contributed by atoms with E-state index in [0.717, 1.165) is 43.0 Å². The number of benzene rings is 1. The van der Waals surface area contributed by atoms with Gasteiger partial charge in [-0.1, -0.05) is 18.0 Å². The van der Waals surface area contributed by atoms with Crippen molar-refractivity contribution in [3.63, 3.8) is 0 Å². The number of morpholine rings is 1. The second-order valence-electron chi connectivity index (χ2n) is 6.09. The van der Waals surface area contributed by atoms with Gasteiger partial charge in [-0.15, -0.1) is 11.8 Å². The summed E-state index contributed by atoms with van der Waals surface area (Å²) in [6.45, 7) is 3.80. The van der Waals surface area contributed by atoms with Gasteiger partial charge in [0.05, 0.1) is 13.2 Å². The zero-order valence-corrected chi connectivity index (χ0v) is 14.5. The van der Waals surface area contributed by atoms with E-state index in [9.17, 15) is 0 Å². The molecule has 1 aromatic rings. The van der Waals surface area contributed by atoms with Crippen LogP contribution < -0.4 is 10.6 Å². The predicted molar refractivity (Wildman–Crippen MR) is 93.9 cm³/mol. The molecular weight excluding hydrogens is 316 g/mol. The topological polar surface area (TPSA) is 33.3 Å². The fourth-order valence-corrected chi connectivity index (χ4v) is 4.44. The van der Waals surface area contributed by atoms with Crippen LogP contribution in [0.1, 0.15) is 19.3 Å². The van der Waals surface area contributed by atoms with Crippen LogP contribution in [0.15, 0.2) is 29.2 Å². The van der Waals surface area contributed by atoms with E-state index in [1.807, 2.05) is 23.9 Å². The highest BCUT2D eigenvalue weighted by atomic mass is 35.5. The number of hydrogen-bond acceptors (Lipinski definition) is 4. The van der Waals surface area contributed by atoms with Gasteiger partial charge < -0.3 is 15.4 Å². The summed E-state index contributed by atoms with van der Waals surface area (Å²) in [5.41, 5.74) is 0. The molecular formula is C17H25ClN2OS. The molecule has 1 saturated carbocycles. The Morgan fingerprint density at radius 2 is 2.14 bits per heavy atom. The molecule has 0 amide bonds. The van der Waals surface area contributed by atoms with Gasteiger partial charge in [0, 0.05) is 40.8 Å². The number of rotatable bonds is 6. The molecule has 2 aliphatic rings. The van der Waals surface area contributed by atoms with Crippen molar-refractivity contribution >= 4 is 23.4 Å². The molecule has 122 valence electrons. The van der Waals surface area contributed by atoms with Gasteiger partial charge in [-0.3, -0.25) is 0 Å². The minimum absolute atomic E-state index is 0.540. The lowest BCUT2D eigenvalue weighted by molar-refractivity contribution is 0.0527. The average Bonchev–Trinajstić information content (AvgIpc) is 3.02. The molecule has 22 heavy (non-hydrogen) atoms. The lowest BCUT2D eigenvalue weighted by Crippen LogP contribution is -2.51. The van der Waals surface area contributed by atoms with E-state index >= 15 is 0 Å². The normalized spacial score (nSPS) is 28.9. The third-order valence-electron chi connectivity index (χ3n) is 4.63. The van der Waals surface area contributed by atoms with Crippen molar-refractivity contribution in [1.29, 1.82) is 0 Å². The average molecular weight is 341 g/mol. The molecule has 0 aromatic heterocycles. The molecule has 3 rings (SSSR count). The summed E-state index contributed by atoms with van der Waals surface area (Å²) in [5, 5.41) is 8.20. The van der Waals surface area contributed by atoms with Crippen molar-refractivity contribution in [3.8, 4) is 0 Å². The summed E-state index contributed by atoms with van der Waals surface area (Å²) in [6, 6.07) is 9.28. The maximum absolute atomic E-state index is 5.91. The van der Waals surface area contributed by atoms with E-state index in [0.29, 0.717) is 12.1 Å². The number of nitrogens with one attached hydrogen (secondary N) is 2. The summed E-state index contributed by atoms with van der Waals surface area (Å²) in [6.07, 6.45) is 3.96. The highest BCUT2D eigenvalue weighted by molar-refractivity contribution is 7.99. The quantitative estimate of drug-likeness (QED) is 0.615. The van der Waals surface area contributed by atoms with Crippen molar-refractivity contribution in [3.05, 3.63) is 29.3 Å². The van der Waals surface area contributed by atoms with Gasteiger partial charge in [0.15, 0.2) is 0 Å². The standard InChI is InChI=1S/C17H25ClN2OS/c18-13-4-6-14(7-5-13)22-11-9-20-16-3-1-2-15(16)17-12-21-10-8-19-17/h4-7,15-17,19-20H,1-3,8-12H2. The first-order valence-corrected chi connectivity index (χ1v) is 9.62. The maximum atomic E-state index is 5.91. The molecule has 2 N–H and O–H groups in total. The molecule has 3 unspecified atom stereocenters. The Hall–Kier alpha value is -0.260. The van der Waals surface area contributed by atoms with Crippen LogP contribution in [0.3, 0.4) is 0 Å². The Bertz CT molecular complexity index is 450. The Morgan fingerprint density at radius 1 is 1.27 bits per heavy atom. The molecule has 0 radical (unpaired) electrons. The van der Waals surface area contributed by atoms with Gasteiger partial charge in [0.2, 0.25) is 0 Å². The molecule has 2 fully saturated rings. The molecule has 1 aromatic carbocycles. The predicted octanol–water partition coefficient (Wildman–Crippen LogP) is 3.18.